The van der Waals surface area contributed by atoms with Crippen LogP contribution in [0.4, 0.5) is 0 Å². The van der Waals surface area contributed by atoms with Crippen LogP contribution < -0.4 is 0 Å². The monoisotopic (exact) mass is 185 g/mol. The third-order valence-electron chi connectivity index (χ3n) is 3.27. The summed E-state index contributed by atoms with van der Waals surface area (Å²) in [4.78, 5) is 2.41. The fraction of sp³-hybridized carbons (Fsp3) is 1.00. The van der Waals surface area contributed by atoms with E-state index in [1.165, 1.54) is 19.5 Å². The van der Waals surface area contributed by atoms with Gasteiger partial charge in [0.05, 0.1) is 5.60 Å². The minimum atomic E-state index is -0.423. The van der Waals surface area contributed by atoms with Crippen LogP contribution in [-0.4, -0.2) is 48.5 Å². The first-order valence-electron chi connectivity index (χ1n) is 5.31. The van der Waals surface area contributed by atoms with Gasteiger partial charge in [-0.25, -0.2) is 0 Å². The van der Waals surface area contributed by atoms with E-state index < -0.39 is 5.60 Å². The highest BCUT2D eigenvalue weighted by molar-refractivity contribution is 4.83. The van der Waals surface area contributed by atoms with Crippen LogP contribution in [0.2, 0.25) is 0 Å². The van der Waals surface area contributed by atoms with E-state index >= 15 is 0 Å². The number of rotatable bonds is 3. The molecule has 2 aliphatic rings. The van der Waals surface area contributed by atoms with E-state index in [0.29, 0.717) is 0 Å². The summed E-state index contributed by atoms with van der Waals surface area (Å²) in [5, 5.41) is 10.1. The van der Waals surface area contributed by atoms with E-state index in [2.05, 4.69) is 4.90 Å². The molecule has 0 aromatic carbocycles. The predicted molar refractivity (Wildman–Crippen MR) is 50.7 cm³/mol. The molecule has 2 fully saturated rings. The first-order valence-corrected chi connectivity index (χ1v) is 5.31. The third-order valence-corrected chi connectivity index (χ3v) is 3.27. The van der Waals surface area contributed by atoms with Crippen molar-refractivity contribution < 1.29 is 9.84 Å². The van der Waals surface area contributed by atoms with Crippen molar-refractivity contribution in [3.05, 3.63) is 0 Å². The first-order chi connectivity index (χ1) is 6.29. The van der Waals surface area contributed by atoms with E-state index in [4.69, 9.17) is 4.74 Å². The molecule has 0 atom stereocenters. The summed E-state index contributed by atoms with van der Waals surface area (Å²) < 4.78 is 5.24. The van der Waals surface area contributed by atoms with Gasteiger partial charge in [-0.05, 0) is 38.8 Å². The number of likely N-dealkylation sites (tertiary alicyclic amines) is 1. The van der Waals surface area contributed by atoms with E-state index in [1.807, 2.05) is 0 Å². The molecule has 3 nitrogen and oxygen atoms in total. The summed E-state index contributed by atoms with van der Waals surface area (Å²) in [6.07, 6.45) is 3.90. The third kappa shape index (κ3) is 2.42. The van der Waals surface area contributed by atoms with Gasteiger partial charge in [0.2, 0.25) is 0 Å². The lowest BCUT2D eigenvalue weighted by atomic mass is 9.90. The minimum absolute atomic E-state index is 0.423. The van der Waals surface area contributed by atoms with Gasteiger partial charge in [0.25, 0.3) is 0 Å². The zero-order valence-corrected chi connectivity index (χ0v) is 8.17. The molecule has 0 aliphatic carbocycles. The quantitative estimate of drug-likeness (QED) is 0.700. The molecule has 2 heterocycles. The number of aliphatic hydroxyl groups is 1. The molecule has 0 unspecified atom stereocenters. The highest BCUT2D eigenvalue weighted by Gasteiger charge is 2.30. The van der Waals surface area contributed by atoms with Crippen LogP contribution in [0.5, 0.6) is 0 Å². The van der Waals surface area contributed by atoms with Gasteiger partial charge in [-0.1, -0.05) is 0 Å². The van der Waals surface area contributed by atoms with Crippen molar-refractivity contribution in [1.82, 2.24) is 4.90 Å². The molecule has 0 amide bonds. The van der Waals surface area contributed by atoms with Crippen LogP contribution in [0.3, 0.4) is 0 Å². The van der Waals surface area contributed by atoms with Crippen molar-refractivity contribution in [2.45, 2.75) is 31.3 Å². The van der Waals surface area contributed by atoms with Gasteiger partial charge in [0.1, 0.15) is 0 Å². The Hall–Kier alpha value is -0.120. The standard InChI is InChI=1S/C10H19NO2/c12-10(3-8-13-9-4-10)2-7-11-5-1-6-11/h12H,1-9H2. The van der Waals surface area contributed by atoms with Crippen LogP contribution in [0.15, 0.2) is 0 Å². The normalized spacial score (nSPS) is 28.4. The summed E-state index contributed by atoms with van der Waals surface area (Å²) in [5.41, 5.74) is -0.423. The van der Waals surface area contributed by atoms with Crippen LogP contribution >= 0.6 is 0 Å². The average Bonchev–Trinajstić information content (AvgIpc) is 2.02. The predicted octanol–water partition coefficient (Wildman–Crippen LogP) is 0.624. The maximum Gasteiger partial charge on any atom is 0.0703 e. The Kier molecular flexibility index (Phi) is 2.86. The summed E-state index contributed by atoms with van der Waals surface area (Å²) in [6.45, 7) is 4.99. The van der Waals surface area contributed by atoms with Crippen LogP contribution in [-0.2, 0) is 4.74 Å². The Morgan fingerprint density at radius 1 is 1.23 bits per heavy atom. The largest absolute Gasteiger partial charge is 0.390 e. The van der Waals surface area contributed by atoms with Gasteiger partial charge in [-0.15, -0.1) is 0 Å². The highest BCUT2D eigenvalue weighted by atomic mass is 16.5. The lowest BCUT2D eigenvalue weighted by Gasteiger charge is -2.37. The van der Waals surface area contributed by atoms with Crippen molar-refractivity contribution >= 4 is 0 Å². The molecule has 0 spiro atoms. The maximum atomic E-state index is 10.1. The van der Waals surface area contributed by atoms with Crippen molar-refractivity contribution in [3.8, 4) is 0 Å². The molecule has 2 saturated heterocycles. The lowest BCUT2D eigenvalue weighted by Crippen LogP contribution is -2.43. The topological polar surface area (TPSA) is 32.7 Å². The van der Waals surface area contributed by atoms with Crippen molar-refractivity contribution in [2.24, 2.45) is 0 Å². The summed E-state index contributed by atoms with van der Waals surface area (Å²) >= 11 is 0. The summed E-state index contributed by atoms with van der Waals surface area (Å²) in [7, 11) is 0. The Morgan fingerprint density at radius 3 is 2.46 bits per heavy atom. The molecular weight excluding hydrogens is 166 g/mol. The molecule has 0 radical (unpaired) electrons. The molecule has 3 heteroatoms. The number of hydrogen-bond donors (Lipinski definition) is 1. The van der Waals surface area contributed by atoms with Gasteiger partial charge in [0.15, 0.2) is 0 Å². The van der Waals surface area contributed by atoms with Gasteiger partial charge >= 0.3 is 0 Å². The minimum Gasteiger partial charge on any atom is -0.390 e. The number of nitrogens with zero attached hydrogens (tertiary/aromatic N) is 1. The van der Waals surface area contributed by atoms with E-state index in [1.54, 1.807) is 0 Å². The Balaban J connectivity index is 1.71. The van der Waals surface area contributed by atoms with E-state index in [0.717, 1.165) is 39.0 Å². The molecule has 13 heavy (non-hydrogen) atoms. The van der Waals surface area contributed by atoms with E-state index in [9.17, 15) is 5.11 Å². The average molecular weight is 185 g/mol. The number of hydrogen-bond acceptors (Lipinski definition) is 3. The van der Waals surface area contributed by atoms with Gasteiger partial charge < -0.3 is 14.7 Å². The van der Waals surface area contributed by atoms with Crippen LogP contribution in [0, 0.1) is 0 Å². The van der Waals surface area contributed by atoms with Crippen molar-refractivity contribution in [1.29, 1.82) is 0 Å². The zero-order valence-electron chi connectivity index (χ0n) is 8.17. The number of ether oxygens (including phenoxy) is 1. The Bertz CT molecular complexity index is 162. The van der Waals surface area contributed by atoms with Crippen LogP contribution in [0.25, 0.3) is 0 Å². The smallest absolute Gasteiger partial charge is 0.0703 e. The molecule has 0 bridgehead atoms. The lowest BCUT2D eigenvalue weighted by molar-refractivity contribution is -0.0736. The van der Waals surface area contributed by atoms with Gasteiger partial charge in [0, 0.05) is 19.8 Å². The fourth-order valence-corrected chi connectivity index (χ4v) is 1.97. The van der Waals surface area contributed by atoms with Crippen molar-refractivity contribution in [2.75, 3.05) is 32.8 Å². The Morgan fingerprint density at radius 2 is 1.92 bits per heavy atom. The van der Waals surface area contributed by atoms with E-state index in [-0.39, 0.29) is 0 Å². The molecule has 76 valence electrons. The van der Waals surface area contributed by atoms with Crippen LogP contribution in [0.1, 0.15) is 25.7 Å². The fourth-order valence-electron chi connectivity index (χ4n) is 1.97. The summed E-state index contributed by atoms with van der Waals surface area (Å²) in [5.74, 6) is 0. The molecule has 2 rings (SSSR count). The molecule has 0 aromatic rings. The Labute approximate surface area is 79.7 Å². The first kappa shape index (κ1) is 9.44. The molecule has 2 aliphatic heterocycles. The molecular formula is C10H19NO2. The summed E-state index contributed by atoms with van der Waals surface area (Å²) in [6, 6.07) is 0. The van der Waals surface area contributed by atoms with Gasteiger partial charge in [-0.3, -0.25) is 0 Å². The highest BCUT2D eigenvalue weighted by Crippen LogP contribution is 2.25. The van der Waals surface area contributed by atoms with Crippen molar-refractivity contribution in [3.63, 3.8) is 0 Å². The molecule has 0 aromatic heterocycles. The molecule has 1 N–H and O–H groups in total. The second kappa shape index (κ2) is 3.95. The zero-order chi connectivity index (χ0) is 9.15. The second-order valence-electron chi connectivity index (χ2n) is 4.28. The van der Waals surface area contributed by atoms with Gasteiger partial charge in [-0.2, -0.15) is 0 Å². The maximum absolute atomic E-state index is 10.1. The second-order valence-corrected chi connectivity index (χ2v) is 4.28. The molecule has 0 saturated carbocycles. The SMILES string of the molecule is OC1(CCN2CCC2)CCOCC1.